The predicted molar refractivity (Wildman–Crippen MR) is 213 cm³/mol. The molecule has 0 aliphatic carbocycles. The number of carbonyl (C=O) groups excluding carboxylic acids is 3. The third-order valence-corrected chi connectivity index (χ3v) is 10.0. The molecule has 3 aliphatic heterocycles. The predicted octanol–water partition coefficient (Wildman–Crippen LogP) is -1.00. The summed E-state index contributed by atoms with van der Waals surface area (Å²) in [6, 6.07) is 9.60. The Bertz CT molecular complexity index is 2370. The lowest BCUT2D eigenvalue weighted by molar-refractivity contribution is -0.294. The van der Waals surface area contributed by atoms with Gasteiger partial charge in [-0.15, -0.1) is 0 Å². The van der Waals surface area contributed by atoms with E-state index in [4.69, 9.17) is 48.1 Å². The molecule has 12 N–H and O–H groups in total. The van der Waals surface area contributed by atoms with Gasteiger partial charge >= 0.3 is 29.8 Å². The average Bonchev–Trinajstić information content (AvgIpc) is 3.26. The van der Waals surface area contributed by atoms with E-state index in [0.717, 1.165) is 36.4 Å². The highest BCUT2D eigenvalue weighted by Gasteiger charge is 2.50. The van der Waals surface area contributed by atoms with Crippen molar-refractivity contribution in [2.75, 3.05) is 13.2 Å². The summed E-state index contributed by atoms with van der Waals surface area (Å²) in [5.41, 5.74) is 0.157. The zero-order valence-electron chi connectivity index (χ0n) is 34.2. The molecule has 0 bridgehead atoms. The highest BCUT2D eigenvalue weighted by molar-refractivity contribution is 5.90. The van der Waals surface area contributed by atoms with Crippen LogP contribution >= 0.6 is 0 Å². The van der Waals surface area contributed by atoms with E-state index in [1.54, 1.807) is 0 Å². The Morgan fingerprint density at radius 3 is 1.90 bits per heavy atom. The third kappa shape index (κ3) is 11.9. The third-order valence-electron chi connectivity index (χ3n) is 10.0. The van der Waals surface area contributed by atoms with Gasteiger partial charge in [-0.25, -0.2) is 4.79 Å². The molecular weight excluding hydrogens is 904 g/mol. The molecule has 3 aromatic rings. The summed E-state index contributed by atoms with van der Waals surface area (Å²) in [6.07, 6.45) is -20.0. The van der Waals surface area contributed by atoms with E-state index in [2.05, 4.69) is 0 Å². The van der Waals surface area contributed by atoms with Gasteiger partial charge in [0, 0.05) is 23.8 Å². The van der Waals surface area contributed by atoms with Crippen LogP contribution in [0.3, 0.4) is 0 Å². The number of rotatable bonds is 16. The fourth-order valence-electron chi connectivity index (χ4n) is 6.75. The van der Waals surface area contributed by atoms with Crippen LogP contribution in [0, 0.1) is 0 Å². The molecular formula is C42H42O25. The van der Waals surface area contributed by atoms with Crippen LogP contribution in [0.1, 0.15) is 35.6 Å². The van der Waals surface area contributed by atoms with Crippen molar-refractivity contribution in [2.24, 2.45) is 0 Å². The smallest absolute Gasteiger partial charge is 0.330 e. The topological polar surface area (TPSA) is 402 Å². The second kappa shape index (κ2) is 20.8. The molecule has 0 radical (unpaired) electrons. The summed E-state index contributed by atoms with van der Waals surface area (Å²) < 4.78 is 44.5. The van der Waals surface area contributed by atoms with E-state index in [1.807, 2.05) is 0 Å². The van der Waals surface area contributed by atoms with E-state index < -0.39 is 158 Å². The van der Waals surface area contributed by atoms with Crippen molar-refractivity contribution in [1.29, 1.82) is 0 Å². The Hall–Kier alpha value is -7.39. The lowest BCUT2D eigenvalue weighted by atomic mass is 9.98. The second-order valence-electron chi connectivity index (χ2n) is 14.9. The lowest BCUT2D eigenvalue weighted by Crippen LogP contribution is -2.61. The number of phenolic OH excluding ortho intramolecular Hbond substituents is 5. The number of carboxylic acids is 2. The van der Waals surface area contributed by atoms with E-state index in [-0.39, 0.29) is 22.6 Å². The molecule has 0 spiro atoms. The fraction of sp³-hybridized carbons (Fsp3) is 0.357. The molecule has 67 heavy (non-hydrogen) atoms. The zero-order valence-corrected chi connectivity index (χ0v) is 34.2. The maximum Gasteiger partial charge on any atom is 0.330 e. The number of fused-ring (bicyclic) bond motifs is 1. The highest BCUT2D eigenvalue weighted by Crippen LogP contribution is 2.48. The number of carboxylic acid groups (broad SMARTS) is 2. The number of aliphatic hydroxyl groups is 5. The van der Waals surface area contributed by atoms with Crippen molar-refractivity contribution in [1.82, 2.24) is 0 Å². The summed E-state index contributed by atoms with van der Waals surface area (Å²) in [6.45, 7) is -1.66. The minimum Gasteiger partial charge on any atom is -0.508 e. The van der Waals surface area contributed by atoms with Crippen molar-refractivity contribution >= 4 is 42.0 Å². The van der Waals surface area contributed by atoms with E-state index in [1.165, 1.54) is 30.3 Å². The normalized spacial score (nSPS) is 26.8. The zero-order chi connectivity index (χ0) is 48.9. The minimum atomic E-state index is -2.18. The van der Waals surface area contributed by atoms with Crippen LogP contribution in [0.4, 0.5) is 0 Å². The summed E-state index contributed by atoms with van der Waals surface area (Å²) in [4.78, 5) is 59.1. The van der Waals surface area contributed by atoms with E-state index >= 15 is 0 Å². The number of hydrogen-bond acceptors (Lipinski definition) is 23. The first-order valence-electron chi connectivity index (χ1n) is 19.7. The number of carbonyl (C=O) groups is 5. The molecule has 0 aromatic heterocycles. The Labute approximate surface area is 375 Å². The number of aromatic hydroxyl groups is 5. The molecule has 25 nitrogen and oxygen atoms in total. The van der Waals surface area contributed by atoms with Crippen molar-refractivity contribution in [3.05, 3.63) is 77.1 Å². The first-order chi connectivity index (χ1) is 31.7. The van der Waals surface area contributed by atoms with Gasteiger partial charge in [0.05, 0.1) is 5.56 Å². The molecule has 2 saturated heterocycles. The summed E-state index contributed by atoms with van der Waals surface area (Å²) >= 11 is 0. The van der Waals surface area contributed by atoms with Crippen molar-refractivity contribution in [3.8, 4) is 40.2 Å². The average molecular weight is 947 g/mol. The van der Waals surface area contributed by atoms with Crippen LogP contribution in [0.25, 0.3) is 12.2 Å². The van der Waals surface area contributed by atoms with Crippen molar-refractivity contribution in [3.63, 3.8) is 0 Å². The number of esters is 3. The van der Waals surface area contributed by atoms with Crippen LogP contribution in [0.15, 0.2) is 60.4 Å². The number of ether oxygens (including phenoxy) is 8. The standard InChI is InChI=1S/C42H42O25/c43-18-4-1-16(2-5-18)3-6-30(51)60-14-26-34(55)35(56)37(58)41(65-26)64-25-11-20-23(62-39(25)17-7-21(45)33(54)22(46)8-17)9-19(44)10-24(20)63-42-38(59)36(57)40(67-32(53)13-29(49)50)27(66-42)15-61-31(52)12-28(47)48/h1-11,26-27,34-46,54-59H,12-15H2,(H,47,48)(H,49,50). The monoisotopic (exact) mass is 946 g/mol. The van der Waals surface area contributed by atoms with Crippen LogP contribution in [-0.2, 0) is 52.4 Å². The number of phenols is 5. The molecule has 0 saturated carbocycles. The second-order valence-corrected chi connectivity index (χ2v) is 14.9. The molecule has 6 rings (SSSR count). The molecule has 2 fully saturated rings. The fourth-order valence-corrected chi connectivity index (χ4v) is 6.75. The van der Waals surface area contributed by atoms with Gasteiger partial charge < -0.3 is 99.2 Å². The quantitative estimate of drug-likeness (QED) is 0.0269. The van der Waals surface area contributed by atoms with Gasteiger partial charge in [-0.1, -0.05) is 12.1 Å². The van der Waals surface area contributed by atoms with E-state index in [0.29, 0.717) is 5.56 Å². The van der Waals surface area contributed by atoms with Gasteiger partial charge in [-0.2, -0.15) is 0 Å². The van der Waals surface area contributed by atoms with Gasteiger partial charge in [0.2, 0.25) is 12.6 Å². The Morgan fingerprint density at radius 1 is 0.642 bits per heavy atom. The first-order valence-corrected chi connectivity index (χ1v) is 19.7. The van der Waals surface area contributed by atoms with Crippen LogP contribution in [-0.4, -0.2) is 166 Å². The number of benzene rings is 3. The van der Waals surface area contributed by atoms with Gasteiger partial charge in [-0.3, -0.25) is 19.2 Å². The summed E-state index contributed by atoms with van der Waals surface area (Å²) in [5, 5.41) is 124. The van der Waals surface area contributed by atoms with Gasteiger partial charge in [0.25, 0.3) is 0 Å². The van der Waals surface area contributed by atoms with Gasteiger partial charge in [0.1, 0.15) is 97.5 Å². The van der Waals surface area contributed by atoms with E-state index in [9.17, 15) is 75.0 Å². The minimum absolute atomic E-state index is 0.0130. The summed E-state index contributed by atoms with van der Waals surface area (Å²) in [5.74, 6) is -11.3. The van der Waals surface area contributed by atoms with Crippen LogP contribution in [0.2, 0.25) is 0 Å². The number of aliphatic carboxylic acids is 2. The molecule has 3 aliphatic rings. The van der Waals surface area contributed by atoms with Gasteiger partial charge in [-0.05, 0) is 42.0 Å². The molecule has 25 heteroatoms. The van der Waals surface area contributed by atoms with Gasteiger partial charge in [0.15, 0.2) is 29.5 Å². The van der Waals surface area contributed by atoms with Crippen LogP contribution < -0.4 is 9.47 Å². The van der Waals surface area contributed by atoms with Crippen molar-refractivity contribution in [2.45, 2.75) is 80.4 Å². The Morgan fingerprint density at radius 2 is 1.24 bits per heavy atom. The maximum absolute atomic E-state index is 12.5. The molecule has 3 aromatic carbocycles. The molecule has 11 unspecified atom stereocenters. The SMILES string of the molecule is O=C(O)CC(=O)OCC1OC(Oc2cc(O)cc3c2C=C(OC2OC(COC(=O)C=Cc4ccc(O)cc4)C(O)C(O)C2O)C(c2cc(O)c(O)c(O)c2)O3)C(O)C(O)C1OC(=O)CC(=O)O. The highest BCUT2D eigenvalue weighted by atomic mass is 16.7. The number of aliphatic hydroxyl groups excluding tert-OH is 5. The first kappa shape index (κ1) is 49.1. The molecule has 3 heterocycles. The maximum atomic E-state index is 12.5. The van der Waals surface area contributed by atoms with Crippen LogP contribution in [0.5, 0.6) is 40.2 Å². The van der Waals surface area contributed by atoms with Crippen molar-refractivity contribution < 1.29 is 123 Å². The molecule has 11 atom stereocenters. The lowest BCUT2D eigenvalue weighted by Gasteiger charge is -2.42. The Kier molecular flexibility index (Phi) is 15.3. The summed E-state index contributed by atoms with van der Waals surface area (Å²) in [7, 11) is 0. The number of hydrogen-bond donors (Lipinski definition) is 12. The largest absolute Gasteiger partial charge is 0.508 e. The Balaban J connectivity index is 1.30. The molecule has 0 amide bonds. The molecule has 360 valence electrons.